The predicted octanol–water partition coefficient (Wildman–Crippen LogP) is 4.06. The number of benzene rings is 1. The lowest BCUT2D eigenvalue weighted by atomic mass is 10.1. The molecule has 0 saturated carbocycles. The van der Waals surface area contributed by atoms with Crippen molar-refractivity contribution in [2.24, 2.45) is 0 Å². The van der Waals surface area contributed by atoms with E-state index >= 15 is 0 Å². The summed E-state index contributed by atoms with van der Waals surface area (Å²) in [5.74, 6) is 1.19. The van der Waals surface area contributed by atoms with Gasteiger partial charge in [-0.3, -0.25) is 4.40 Å². The highest BCUT2D eigenvalue weighted by Gasteiger charge is 2.19. The molecule has 1 aliphatic heterocycles. The molecule has 1 saturated heterocycles. The van der Waals surface area contributed by atoms with E-state index in [1.54, 1.807) is 12.1 Å². The van der Waals surface area contributed by atoms with Gasteiger partial charge in [-0.05, 0) is 65.2 Å². The first kappa shape index (κ1) is 15.5. The molecule has 1 aliphatic rings. The van der Waals surface area contributed by atoms with Crippen molar-refractivity contribution in [3.63, 3.8) is 0 Å². The van der Waals surface area contributed by atoms with Gasteiger partial charge in [0.15, 0.2) is 0 Å². The van der Waals surface area contributed by atoms with E-state index in [9.17, 15) is 5.11 Å². The summed E-state index contributed by atoms with van der Waals surface area (Å²) in [5.41, 5.74) is 2.70. The fourth-order valence-corrected chi connectivity index (χ4v) is 3.36. The van der Waals surface area contributed by atoms with Gasteiger partial charge in [-0.1, -0.05) is 0 Å². The summed E-state index contributed by atoms with van der Waals surface area (Å²) in [6.07, 6.45) is 4.46. The van der Waals surface area contributed by atoms with Crippen LogP contribution in [0.3, 0.4) is 0 Å². The maximum absolute atomic E-state index is 9.53. The van der Waals surface area contributed by atoms with Gasteiger partial charge in [0, 0.05) is 29.4 Å². The Hall–Kier alpha value is -2.05. The third-order valence-electron chi connectivity index (χ3n) is 4.24. The molecule has 124 valence electrons. The number of halogens is 1. The van der Waals surface area contributed by atoms with Gasteiger partial charge in [-0.15, -0.1) is 0 Å². The molecule has 0 radical (unpaired) electrons. The van der Waals surface area contributed by atoms with Crippen molar-refractivity contribution in [1.82, 2.24) is 9.38 Å². The first-order valence-corrected chi connectivity index (χ1v) is 8.82. The normalized spacial score (nSPS) is 17.5. The SMILES string of the molecule is Oc1ccc(-c2nc3ccc(Br)cn3c2NC[C@H]2CCCO2)cc1. The lowest BCUT2D eigenvalue weighted by Gasteiger charge is -2.13. The summed E-state index contributed by atoms with van der Waals surface area (Å²) in [7, 11) is 0. The van der Waals surface area contributed by atoms with Crippen molar-refractivity contribution >= 4 is 27.4 Å². The molecule has 2 N–H and O–H groups in total. The van der Waals surface area contributed by atoms with E-state index < -0.39 is 0 Å². The molecule has 6 heteroatoms. The Bertz CT molecular complexity index is 855. The highest BCUT2D eigenvalue weighted by atomic mass is 79.9. The van der Waals surface area contributed by atoms with Gasteiger partial charge in [0.25, 0.3) is 0 Å². The maximum atomic E-state index is 9.53. The van der Waals surface area contributed by atoms with Gasteiger partial charge >= 0.3 is 0 Å². The number of phenolic OH excluding ortho intramolecular Hbond substituents is 1. The Labute approximate surface area is 148 Å². The van der Waals surface area contributed by atoms with Crippen LogP contribution >= 0.6 is 15.9 Å². The second kappa shape index (κ2) is 6.45. The number of aromatic nitrogens is 2. The topological polar surface area (TPSA) is 58.8 Å². The maximum Gasteiger partial charge on any atom is 0.139 e. The van der Waals surface area contributed by atoms with E-state index in [-0.39, 0.29) is 11.9 Å². The third kappa shape index (κ3) is 2.99. The Kier molecular flexibility index (Phi) is 4.16. The molecular weight excluding hydrogens is 370 g/mol. The van der Waals surface area contributed by atoms with E-state index in [1.807, 2.05) is 34.9 Å². The molecular formula is C18H18BrN3O2. The molecule has 4 rings (SSSR count). The monoisotopic (exact) mass is 387 g/mol. The number of ether oxygens (including phenoxy) is 1. The van der Waals surface area contributed by atoms with E-state index in [0.717, 1.165) is 53.2 Å². The molecule has 2 aromatic heterocycles. The van der Waals surface area contributed by atoms with Gasteiger partial charge < -0.3 is 15.2 Å². The molecule has 3 aromatic rings. The largest absolute Gasteiger partial charge is 0.508 e. The number of phenols is 1. The number of hydrogen-bond acceptors (Lipinski definition) is 4. The van der Waals surface area contributed by atoms with E-state index in [4.69, 9.17) is 9.72 Å². The molecule has 0 aliphatic carbocycles. The zero-order valence-corrected chi connectivity index (χ0v) is 14.7. The Morgan fingerprint density at radius 2 is 2.08 bits per heavy atom. The van der Waals surface area contributed by atoms with Crippen molar-refractivity contribution in [2.45, 2.75) is 18.9 Å². The summed E-state index contributed by atoms with van der Waals surface area (Å²) >= 11 is 3.52. The Morgan fingerprint density at radius 3 is 2.83 bits per heavy atom. The first-order chi connectivity index (χ1) is 11.7. The third-order valence-corrected chi connectivity index (χ3v) is 4.71. The zero-order chi connectivity index (χ0) is 16.5. The van der Waals surface area contributed by atoms with E-state index in [2.05, 4.69) is 21.2 Å². The smallest absolute Gasteiger partial charge is 0.139 e. The highest BCUT2D eigenvalue weighted by molar-refractivity contribution is 9.10. The van der Waals surface area contributed by atoms with Gasteiger partial charge in [0.2, 0.25) is 0 Å². The lowest BCUT2D eigenvalue weighted by molar-refractivity contribution is 0.120. The quantitative estimate of drug-likeness (QED) is 0.708. The number of aromatic hydroxyl groups is 1. The number of pyridine rings is 1. The number of nitrogens with one attached hydrogen (secondary N) is 1. The van der Waals surface area contributed by atoms with E-state index in [0.29, 0.717) is 0 Å². The van der Waals surface area contributed by atoms with Crippen molar-refractivity contribution in [1.29, 1.82) is 0 Å². The van der Waals surface area contributed by atoms with Crippen molar-refractivity contribution in [3.05, 3.63) is 47.1 Å². The average molecular weight is 388 g/mol. The lowest BCUT2D eigenvalue weighted by Crippen LogP contribution is -2.19. The number of rotatable bonds is 4. The van der Waals surface area contributed by atoms with Crippen LogP contribution in [0.15, 0.2) is 47.1 Å². The highest BCUT2D eigenvalue weighted by Crippen LogP contribution is 2.31. The fourth-order valence-electron chi connectivity index (χ4n) is 3.02. The number of imidazole rings is 1. The molecule has 1 aromatic carbocycles. The molecule has 3 heterocycles. The Balaban J connectivity index is 1.75. The molecule has 0 unspecified atom stereocenters. The van der Waals surface area contributed by atoms with Crippen LogP contribution in [0.5, 0.6) is 5.75 Å². The molecule has 24 heavy (non-hydrogen) atoms. The van der Waals surface area contributed by atoms with Crippen LogP contribution in [-0.4, -0.2) is 33.7 Å². The van der Waals surface area contributed by atoms with Gasteiger partial charge in [0.1, 0.15) is 22.9 Å². The standard InChI is InChI=1S/C18H18BrN3O2/c19-13-5-8-16-21-17(12-3-6-14(23)7-4-12)18(22(16)11-13)20-10-15-2-1-9-24-15/h3-8,11,15,20,23H,1-2,9-10H2/t15-/m1/s1. The second-order valence-electron chi connectivity index (χ2n) is 5.95. The summed E-state index contributed by atoms with van der Waals surface area (Å²) < 4.78 is 8.75. The van der Waals surface area contributed by atoms with Crippen LogP contribution < -0.4 is 5.32 Å². The number of anilines is 1. The van der Waals surface area contributed by atoms with Gasteiger partial charge in [0.05, 0.1) is 6.10 Å². The van der Waals surface area contributed by atoms with Crippen LogP contribution in [0, 0.1) is 0 Å². The molecule has 1 fully saturated rings. The molecule has 0 spiro atoms. The molecule has 5 nitrogen and oxygen atoms in total. The molecule has 0 amide bonds. The van der Waals surface area contributed by atoms with Crippen molar-refractivity contribution in [3.8, 4) is 17.0 Å². The summed E-state index contributed by atoms with van der Waals surface area (Å²) in [5, 5.41) is 13.0. The van der Waals surface area contributed by atoms with Crippen LogP contribution in [0.2, 0.25) is 0 Å². The summed E-state index contributed by atoms with van der Waals surface area (Å²) in [4.78, 5) is 4.76. The minimum absolute atomic E-state index is 0.246. The van der Waals surface area contributed by atoms with Crippen LogP contribution in [-0.2, 0) is 4.74 Å². The second-order valence-corrected chi connectivity index (χ2v) is 6.86. The van der Waals surface area contributed by atoms with Crippen LogP contribution in [0.4, 0.5) is 5.82 Å². The zero-order valence-electron chi connectivity index (χ0n) is 13.1. The summed E-state index contributed by atoms with van der Waals surface area (Å²) in [6.45, 7) is 1.60. The van der Waals surface area contributed by atoms with Gasteiger partial charge in [-0.25, -0.2) is 4.98 Å². The minimum atomic E-state index is 0.246. The summed E-state index contributed by atoms with van der Waals surface area (Å²) in [6, 6.07) is 11.1. The van der Waals surface area contributed by atoms with Crippen LogP contribution in [0.1, 0.15) is 12.8 Å². The fraction of sp³-hybridized carbons (Fsp3) is 0.278. The predicted molar refractivity (Wildman–Crippen MR) is 97.5 cm³/mol. The Morgan fingerprint density at radius 1 is 1.25 bits per heavy atom. The van der Waals surface area contributed by atoms with Crippen molar-refractivity contribution in [2.75, 3.05) is 18.5 Å². The van der Waals surface area contributed by atoms with E-state index in [1.165, 1.54) is 0 Å². The minimum Gasteiger partial charge on any atom is -0.508 e. The number of nitrogens with zero attached hydrogens (tertiary/aromatic N) is 2. The number of fused-ring (bicyclic) bond motifs is 1. The van der Waals surface area contributed by atoms with Gasteiger partial charge in [-0.2, -0.15) is 0 Å². The first-order valence-electron chi connectivity index (χ1n) is 8.03. The average Bonchev–Trinajstić information content (AvgIpc) is 3.21. The van der Waals surface area contributed by atoms with Crippen molar-refractivity contribution < 1.29 is 9.84 Å². The molecule has 1 atom stereocenters. The van der Waals surface area contributed by atoms with Crippen LogP contribution in [0.25, 0.3) is 16.9 Å². The number of hydrogen-bond donors (Lipinski definition) is 2. The molecule has 0 bridgehead atoms.